The van der Waals surface area contributed by atoms with Crippen LogP contribution in [0.3, 0.4) is 0 Å². The number of ketones is 1. The van der Waals surface area contributed by atoms with Crippen LogP contribution < -0.4 is 0 Å². The predicted octanol–water partition coefficient (Wildman–Crippen LogP) is 2.89. The standard InChI is InChI=1S/C14H10N2O3/c17-14(12-5-3-9-15-10-12)8-7-11-4-1-2-6-13(11)16(18)19/h1-10H/b8-7-. The molecule has 1 heterocycles. The molecule has 0 aliphatic carbocycles. The van der Waals surface area contributed by atoms with Crippen molar-refractivity contribution in [2.24, 2.45) is 0 Å². The predicted molar refractivity (Wildman–Crippen MR) is 70.7 cm³/mol. The van der Waals surface area contributed by atoms with Crippen molar-refractivity contribution in [3.63, 3.8) is 0 Å². The summed E-state index contributed by atoms with van der Waals surface area (Å²) in [6.45, 7) is 0. The van der Waals surface area contributed by atoms with Crippen LogP contribution in [-0.2, 0) is 0 Å². The summed E-state index contributed by atoms with van der Waals surface area (Å²) in [4.78, 5) is 26.0. The highest BCUT2D eigenvalue weighted by atomic mass is 16.6. The lowest BCUT2D eigenvalue weighted by atomic mass is 10.1. The molecule has 0 aliphatic rings. The van der Waals surface area contributed by atoms with Crippen LogP contribution in [0.15, 0.2) is 54.9 Å². The van der Waals surface area contributed by atoms with Gasteiger partial charge in [-0.2, -0.15) is 0 Å². The Labute approximate surface area is 109 Å². The molecule has 0 saturated carbocycles. The Balaban J connectivity index is 2.24. The molecule has 0 saturated heterocycles. The average Bonchev–Trinajstić information content (AvgIpc) is 2.46. The van der Waals surface area contributed by atoms with Gasteiger partial charge in [-0.25, -0.2) is 0 Å². The van der Waals surface area contributed by atoms with Crippen molar-refractivity contribution in [3.8, 4) is 0 Å². The van der Waals surface area contributed by atoms with Crippen LogP contribution in [0.2, 0.25) is 0 Å². The van der Waals surface area contributed by atoms with Crippen LogP contribution in [0.25, 0.3) is 6.08 Å². The van der Waals surface area contributed by atoms with E-state index in [1.807, 2.05) is 0 Å². The van der Waals surface area contributed by atoms with E-state index in [1.165, 1.54) is 24.4 Å². The van der Waals surface area contributed by atoms with Gasteiger partial charge in [-0.3, -0.25) is 19.9 Å². The van der Waals surface area contributed by atoms with Crippen molar-refractivity contribution >= 4 is 17.5 Å². The van der Waals surface area contributed by atoms with E-state index in [0.29, 0.717) is 11.1 Å². The molecule has 0 amide bonds. The molecule has 1 aromatic heterocycles. The van der Waals surface area contributed by atoms with Gasteiger partial charge in [0.1, 0.15) is 0 Å². The van der Waals surface area contributed by atoms with E-state index in [1.54, 1.807) is 36.5 Å². The van der Waals surface area contributed by atoms with E-state index in [0.717, 1.165) is 0 Å². The molecule has 0 aliphatic heterocycles. The summed E-state index contributed by atoms with van der Waals surface area (Å²) in [6, 6.07) is 9.55. The summed E-state index contributed by atoms with van der Waals surface area (Å²) in [5.41, 5.74) is 0.805. The molecule has 5 nitrogen and oxygen atoms in total. The van der Waals surface area contributed by atoms with Crippen LogP contribution in [0.1, 0.15) is 15.9 Å². The molecule has 2 rings (SSSR count). The minimum Gasteiger partial charge on any atom is -0.289 e. The number of benzene rings is 1. The lowest BCUT2D eigenvalue weighted by Crippen LogP contribution is -1.95. The van der Waals surface area contributed by atoms with Crippen LogP contribution >= 0.6 is 0 Å². The molecule has 0 radical (unpaired) electrons. The van der Waals surface area contributed by atoms with Gasteiger partial charge in [-0.1, -0.05) is 12.1 Å². The maximum atomic E-state index is 11.8. The molecule has 0 N–H and O–H groups in total. The molecule has 94 valence electrons. The number of para-hydroxylation sites is 1. The molecular weight excluding hydrogens is 244 g/mol. The Bertz CT molecular complexity index is 636. The Hall–Kier alpha value is -2.82. The van der Waals surface area contributed by atoms with Gasteiger partial charge in [0.2, 0.25) is 0 Å². The molecule has 0 unspecified atom stereocenters. The van der Waals surface area contributed by atoms with E-state index in [9.17, 15) is 14.9 Å². The number of hydrogen-bond acceptors (Lipinski definition) is 4. The first-order valence-corrected chi connectivity index (χ1v) is 5.54. The zero-order chi connectivity index (χ0) is 13.7. The maximum Gasteiger partial charge on any atom is 0.276 e. The summed E-state index contributed by atoms with van der Waals surface area (Å²) in [5.74, 6) is -0.244. The van der Waals surface area contributed by atoms with Crippen molar-refractivity contribution in [1.29, 1.82) is 0 Å². The number of nitro groups is 1. The Morgan fingerprint density at radius 1 is 1.21 bits per heavy atom. The second-order valence-electron chi connectivity index (χ2n) is 3.76. The molecule has 19 heavy (non-hydrogen) atoms. The van der Waals surface area contributed by atoms with Gasteiger partial charge >= 0.3 is 0 Å². The topological polar surface area (TPSA) is 73.1 Å². The van der Waals surface area contributed by atoms with Crippen LogP contribution in [0.4, 0.5) is 5.69 Å². The molecular formula is C14H10N2O3. The van der Waals surface area contributed by atoms with Crippen LogP contribution in [0.5, 0.6) is 0 Å². The third-order valence-corrected chi connectivity index (χ3v) is 2.49. The third kappa shape index (κ3) is 3.10. The first-order chi connectivity index (χ1) is 9.18. The highest BCUT2D eigenvalue weighted by Gasteiger charge is 2.10. The van der Waals surface area contributed by atoms with Gasteiger partial charge in [0.25, 0.3) is 5.69 Å². The minimum atomic E-state index is -0.478. The van der Waals surface area contributed by atoms with Crippen molar-refractivity contribution in [1.82, 2.24) is 4.98 Å². The first kappa shape index (κ1) is 12.6. The number of allylic oxidation sites excluding steroid dienone is 1. The molecule has 0 bridgehead atoms. The second-order valence-corrected chi connectivity index (χ2v) is 3.76. The van der Waals surface area contributed by atoms with E-state index in [-0.39, 0.29) is 11.5 Å². The van der Waals surface area contributed by atoms with Crippen molar-refractivity contribution in [2.75, 3.05) is 0 Å². The fourth-order valence-electron chi connectivity index (χ4n) is 1.56. The van der Waals surface area contributed by atoms with Crippen LogP contribution in [0, 0.1) is 10.1 Å². The highest BCUT2D eigenvalue weighted by Crippen LogP contribution is 2.19. The number of pyridine rings is 1. The van der Waals surface area contributed by atoms with E-state index < -0.39 is 4.92 Å². The maximum absolute atomic E-state index is 11.8. The number of aromatic nitrogens is 1. The normalized spacial score (nSPS) is 10.5. The Morgan fingerprint density at radius 3 is 2.68 bits per heavy atom. The van der Waals surface area contributed by atoms with Gasteiger partial charge in [0, 0.05) is 24.0 Å². The highest BCUT2D eigenvalue weighted by molar-refractivity contribution is 6.06. The second kappa shape index (κ2) is 5.68. The minimum absolute atomic E-state index is 0.0299. The molecule has 2 aromatic rings. The van der Waals surface area contributed by atoms with Gasteiger partial charge < -0.3 is 0 Å². The van der Waals surface area contributed by atoms with E-state index in [2.05, 4.69) is 4.98 Å². The van der Waals surface area contributed by atoms with Crippen molar-refractivity contribution < 1.29 is 9.72 Å². The zero-order valence-corrected chi connectivity index (χ0v) is 9.89. The molecule has 0 fully saturated rings. The molecule has 1 aromatic carbocycles. The molecule has 0 atom stereocenters. The summed E-state index contributed by atoms with van der Waals surface area (Å²) in [5, 5.41) is 10.8. The van der Waals surface area contributed by atoms with Gasteiger partial charge in [-0.05, 0) is 30.4 Å². The monoisotopic (exact) mass is 254 g/mol. The summed E-state index contributed by atoms with van der Waals surface area (Å²) in [7, 11) is 0. The van der Waals surface area contributed by atoms with Gasteiger partial charge in [-0.15, -0.1) is 0 Å². The number of nitro benzene ring substituents is 1. The van der Waals surface area contributed by atoms with E-state index in [4.69, 9.17) is 0 Å². The Kier molecular flexibility index (Phi) is 3.78. The van der Waals surface area contributed by atoms with E-state index >= 15 is 0 Å². The van der Waals surface area contributed by atoms with Gasteiger partial charge in [0.15, 0.2) is 5.78 Å². The number of carbonyl (C=O) groups excluding carboxylic acids is 1. The van der Waals surface area contributed by atoms with Gasteiger partial charge in [0.05, 0.1) is 10.5 Å². The van der Waals surface area contributed by atoms with Crippen molar-refractivity contribution in [3.05, 3.63) is 76.1 Å². The summed E-state index contributed by atoms with van der Waals surface area (Å²) >= 11 is 0. The lowest BCUT2D eigenvalue weighted by Gasteiger charge is -1.96. The van der Waals surface area contributed by atoms with Crippen LogP contribution in [-0.4, -0.2) is 15.7 Å². The third-order valence-electron chi connectivity index (χ3n) is 2.49. The number of carbonyl (C=O) groups is 1. The molecule has 5 heteroatoms. The Morgan fingerprint density at radius 2 is 2.00 bits per heavy atom. The largest absolute Gasteiger partial charge is 0.289 e. The number of rotatable bonds is 4. The summed E-state index contributed by atoms with van der Waals surface area (Å²) in [6.07, 6.45) is 5.77. The quantitative estimate of drug-likeness (QED) is 0.364. The number of hydrogen-bond donors (Lipinski definition) is 0. The fraction of sp³-hybridized carbons (Fsp3) is 0. The molecule has 0 spiro atoms. The fourth-order valence-corrected chi connectivity index (χ4v) is 1.56. The number of nitrogens with zero attached hydrogens (tertiary/aromatic N) is 2. The first-order valence-electron chi connectivity index (χ1n) is 5.54. The smallest absolute Gasteiger partial charge is 0.276 e. The van der Waals surface area contributed by atoms with Crippen molar-refractivity contribution in [2.45, 2.75) is 0 Å². The SMILES string of the molecule is O=C(/C=C\c1ccccc1[N+](=O)[O-])c1cccnc1. The summed E-state index contributed by atoms with van der Waals surface area (Å²) < 4.78 is 0. The average molecular weight is 254 g/mol. The lowest BCUT2D eigenvalue weighted by molar-refractivity contribution is -0.385. The zero-order valence-electron chi connectivity index (χ0n) is 9.89.